The molecule has 0 fully saturated rings. The third-order valence-electron chi connectivity index (χ3n) is 0.118. The molecule has 0 aromatic rings. The van der Waals surface area contributed by atoms with Gasteiger partial charge >= 0.3 is 0 Å². The summed E-state index contributed by atoms with van der Waals surface area (Å²) in [5.74, 6) is -0.551. The summed E-state index contributed by atoms with van der Waals surface area (Å²) >= 11 is 0. The van der Waals surface area contributed by atoms with Gasteiger partial charge in [0.15, 0.2) is 5.76 Å². The fourth-order valence-electron chi connectivity index (χ4n) is 0. The maximum atomic E-state index is 9.03. The van der Waals surface area contributed by atoms with E-state index in [9.17, 15) is 0 Å². The molecular weight excluding hydrogens is 68.0 g/mol. The van der Waals surface area contributed by atoms with E-state index in [4.69, 9.17) is 9.90 Å². The van der Waals surface area contributed by atoms with Crippen LogP contribution in [0.25, 0.3) is 0 Å². The van der Waals surface area contributed by atoms with E-state index in [2.05, 4.69) is 6.58 Å². The monoisotopic (exact) mass is 71.0 g/mol. The third kappa shape index (κ3) is 3.21. The van der Waals surface area contributed by atoms with Gasteiger partial charge in [0.25, 0.3) is 6.29 Å². The first kappa shape index (κ1) is 4.21. The molecule has 1 radical (unpaired) electrons. The van der Waals surface area contributed by atoms with Gasteiger partial charge in [-0.3, -0.25) is 4.79 Å². The van der Waals surface area contributed by atoms with Gasteiger partial charge < -0.3 is 5.11 Å². The van der Waals surface area contributed by atoms with Crippen molar-refractivity contribution in [2.45, 2.75) is 0 Å². The number of aliphatic hydroxyl groups is 1. The van der Waals surface area contributed by atoms with Gasteiger partial charge in [-0.15, -0.1) is 0 Å². The second-order valence-corrected chi connectivity index (χ2v) is 0.549. The Morgan fingerprint density at radius 3 is 2.20 bits per heavy atom. The Bertz CT molecular complexity index is 55.9. The third-order valence-corrected chi connectivity index (χ3v) is 0.118. The fraction of sp³-hybridized carbons (Fsp3) is 0. The van der Waals surface area contributed by atoms with Crippen LogP contribution in [-0.2, 0) is 4.79 Å². The smallest absolute Gasteiger partial charge is 0.270 e. The van der Waals surface area contributed by atoms with Crippen molar-refractivity contribution in [1.29, 1.82) is 0 Å². The molecule has 1 N–H and O–H groups in total. The molecule has 0 aromatic carbocycles. The van der Waals surface area contributed by atoms with E-state index < -0.39 is 5.76 Å². The lowest BCUT2D eigenvalue weighted by molar-refractivity contribution is 0.430. The van der Waals surface area contributed by atoms with Crippen LogP contribution in [0.15, 0.2) is 12.3 Å². The van der Waals surface area contributed by atoms with E-state index in [1.807, 2.05) is 0 Å². The van der Waals surface area contributed by atoms with E-state index in [0.29, 0.717) is 0 Å². The molecule has 0 rings (SSSR count). The molecule has 0 saturated heterocycles. The molecule has 2 nitrogen and oxygen atoms in total. The average Bonchev–Trinajstić information content (AvgIpc) is 1.38. The Labute approximate surface area is 29.7 Å². The normalized spacial score (nSPS) is 6.40. The summed E-state index contributed by atoms with van der Waals surface area (Å²) in [5, 5.41) is 7.74. The van der Waals surface area contributed by atoms with E-state index in [0.717, 1.165) is 6.29 Å². The van der Waals surface area contributed by atoms with Gasteiger partial charge in [-0.05, 0) is 0 Å². The summed E-state index contributed by atoms with van der Waals surface area (Å²) < 4.78 is 0. The van der Waals surface area contributed by atoms with E-state index in [1.165, 1.54) is 0 Å². The number of hydrogen-bond acceptors (Lipinski definition) is 2. The Morgan fingerprint density at radius 2 is 2.20 bits per heavy atom. The van der Waals surface area contributed by atoms with E-state index in [-0.39, 0.29) is 0 Å². The van der Waals surface area contributed by atoms with Crippen LogP contribution >= 0.6 is 0 Å². The van der Waals surface area contributed by atoms with Crippen molar-refractivity contribution in [3.63, 3.8) is 0 Å². The lowest BCUT2D eigenvalue weighted by Crippen LogP contribution is -1.71. The summed E-state index contributed by atoms with van der Waals surface area (Å²) in [6.07, 6.45) is 1.14. The van der Waals surface area contributed by atoms with Crippen LogP contribution in [0.5, 0.6) is 0 Å². The minimum Gasteiger partial charge on any atom is -0.504 e. The Balaban J connectivity index is 3.20. The second kappa shape index (κ2) is 1.52. The van der Waals surface area contributed by atoms with Crippen molar-refractivity contribution in [1.82, 2.24) is 0 Å². The molecule has 0 bridgehead atoms. The van der Waals surface area contributed by atoms with Crippen LogP contribution in [0.2, 0.25) is 0 Å². The van der Waals surface area contributed by atoms with Crippen molar-refractivity contribution in [2.75, 3.05) is 0 Å². The Morgan fingerprint density at radius 1 is 2.00 bits per heavy atom. The van der Waals surface area contributed by atoms with Crippen molar-refractivity contribution in [2.24, 2.45) is 0 Å². The first-order chi connectivity index (χ1) is 2.27. The van der Waals surface area contributed by atoms with Gasteiger partial charge in [0.1, 0.15) is 0 Å². The summed E-state index contributed by atoms with van der Waals surface area (Å²) in [7, 11) is 0. The van der Waals surface area contributed by atoms with E-state index >= 15 is 0 Å². The summed E-state index contributed by atoms with van der Waals surface area (Å²) in [6.45, 7) is 2.81. The number of hydrogen-bond donors (Lipinski definition) is 1. The molecule has 0 heterocycles. The molecule has 0 aromatic heterocycles. The number of rotatable bonds is 1. The van der Waals surface area contributed by atoms with Gasteiger partial charge in [0.2, 0.25) is 0 Å². The van der Waals surface area contributed by atoms with Crippen LogP contribution in [0.1, 0.15) is 0 Å². The summed E-state index contributed by atoms with van der Waals surface area (Å²) in [5.41, 5.74) is 0. The number of allylic oxidation sites excluding steroid dienone is 1. The van der Waals surface area contributed by atoms with Crippen molar-refractivity contribution in [3.8, 4) is 0 Å². The summed E-state index contributed by atoms with van der Waals surface area (Å²) in [6, 6.07) is 0. The maximum absolute atomic E-state index is 9.03. The van der Waals surface area contributed by atoms with Crippen molar-refractivity contribution in [3.05, 3.63) is 12.3 Å². The maximum Gasteiger partial charge on any atom is 0.270 e. The van der Waals surface area contributed by atoms with Gasteiger partial charge in [0, 0.05) is 0 Å². The van der Waals surface area contributed by atoms with Crippen LogP contribution < -0.4 is 0 Å². The predicted molar refractivity (Wildman–Crippen MR) is 17.5 cm³/mol. The average molecular weight is 71.1 g/mol. The standard InChI is InChI=1S/C3H3O2/c1-3(5)2-4/h5H,1H2. The molecule has 0 atom stereocenters. The first-order valence-electron chi connectivity index (χ1n) is 1.03. The molecule has 0 spiro atoms. The zero-order valence-corrected chi connectivity index (χ0v) is 2.56. The molecule has 0 aliphatic carbocycles. The quantitative estimate of drug-likeness (QED) is 0.353. The van der Waals surface area contributed by atoms with Gasteiger partial charge in [-0.25, -0.2) is 0 Å². The molecule has 0 amide bonds. The zero-order chi connectivity index (χ0) is 4.28. The van der Waals surface area contributed by atoms with Gasteiger partial charge in [-0.1, -0.05) is 6.58 Å². The molecule has 5 heavy (non-hydrogen) atoms. The van der Waals surface area contributed by atoms with Crippen molar-refractivity contribution < 1.29 is 9.90 Å². The molecule has 0 aliphatic rings. The minimum atomic E-state index is -0.551. The lowest BCUT2D eigenvalue weighted by atomic mass is 10.7. The summed E-state index contributed by atoms with van der Waals surface area (Å²) in [4.78, 5) is 9.03. The van der Waals surface area contributed by atoms with Crippen LogP contribution in [0, 0.1) is 0 Å². The molecule has 0 unspecified atom stereocenters. The van der Waals surface area contributed by atoms with Crippen LogP contribution in [0.4, 0.5) is 0 Å². The molecule has 0 aliphatic heterocycles. The highest BCUT2D eigenvalue weighted by Crippen LogP contribution is 1.63. The van der Waals surface area contributed by atoms with Crippen molar-refractivity contribution >= 4 is 6.29 Å². The highest BCUT2D eigenvalue weighted by Gasteiger charge is 1.72. The number of aliphatic hydroxyl groups excluding tert-OH is 1. The predicted octanol–water partition coefficient (Wildman–Crippen LogP) is 0.168. The van der Waals surface area contributed by atoms with Gasteiger partial charge in [-0.2, -0.15) is 0 Å². The Hall–Kier alpha value is -0.790. The molecular formula is C3H3O2. The highest BCUT2D eigenvalue weighted by molar-refractivity contribution is 5.68. The lowest BCUT2D eigenvalue weighted by Gasteiger charge is -1.66. The molecule has 27 valence electrons. The topological polar surface area (TPSA) is 37.3 Å². The van der Waals surface area contributed by atoms with Gasteiger partial charge in [0.05, 0.1) is 0 Å². The zero-order valence-electron chi connectivity index (χ0n) is 2.56. The second-order valence-electron chi connectivity index (χ2n) is 0.549. The Kier molecular flexibility index (Phi) is 1.28. The largest absolute Gasteiger partial charge is 0.504 e. The molecule has 2 heteroatoms. The van der Waals surface area contributed by atoms with Crippen LogP contribution in [-0.4, -0.2) is 11.4 Å². The SMILES string of the molecule is C=C(O)[C]=O. The van der Waals surface area contributed by atoms with Crippen LogP contribution in [0.3, 0.4) is 0 Å². The first-order valence-corrected chi connectivity index (χ1v) is 1.03. The van der Waals surface area contributed by atoms with E-state index in [1.54, 1.807) is 0 Å². The molecule has 0 saturated carbocycles. The minimum absolute atomic E-state index is 0.551. The highest BCUT2D eigenvalue weighted by atomic mass is 16.3. The fourth-order valence-corrected chi connectivity index (χ4v) is 0. The number of carbonyl (C=O) groups excluding carboxylic acids is 1.